The molecule has 0 amide bonds. The highest BCUT2D eigenvalue weighted by Crippen LogP contribution is 2.27. The number of nitrogen functional groups attached to an aromatic ring is 1. The van der Waals surface area contributed by atoms with Gasteiger partial charge in [-0.2, -0.15) is 0 Å². The van der Waals surface area contributed by atoms with E-state index < -0.39 is 9.84 Å². The number of pyridine rings is 1. The van der Waals surface area contributed by atoms with E-state index >= 15 is 0 Å². The molecule has 0 atom stereocenters. The molecule has 1 aromatic heterocycles. The van der Waals surface area contributed by atoms with Crippen molar-refractivity contribution >= 4 is 31.5 Å². The fourth-order valence-electron chi connectivity index (χ4n) is 1.74. The Kier molecular flexibility index (Phi) is 4.29. The summed E-state index contributed by atoms with van der Waals surface area (Å²) < 4.78 is 30.6. The topological polar surface area (TPSA) is 82.3 Å². The van der Waals surface area contributed by atoms with Crippen LogP contribution in [0.4, 0.5) is 5.69 Å². The Hall–Kier alpha value is -1.60. The first-order chi connectivity index (χ1) is 9.42. The molecule has 106 valence electrons. The van der Waals surface area contributed by atoms with Crippen molar-refractivity contribution < 1.29 is 13.2 Å². The fraction of sp³-hybridized carbons (Fsp3) is 0.154. The summed E-state index contributed by atoms with van der Waals surface area (Å²) in [6, 6.07) is 6.27. The second-order valence-electron chi connectivity index (χ2n) is 4.17. The van der Waals surface area contributed by atoms with Gasteiger partial charge in [0.25, 0.3) is 0 Å². The molecule has 1 aromatic carbocycles. The zero-order valence-electron chi connectivity index (χ0n) is 10.7. The van der Waals surface area contributed by atoms with Crippen molar-refractivity contribution in [2.24, 2.45) is 0 Å². The van der Waals surface area contributed by atoms with Crippen LogP contribution in [0.2, 0.25) is 0 Å². The molecule has 0 radical (unpaired) electrons. The number of halogens is 1. The molecule has 0 spiro atoms. The molecule has 0 aliphatic heterocycles. The van der Waals surface area contributed by atoms with E-state index in [1.165, 1.54) is 25.4 Å². The van der Waals surface area contributed by atoms with Crippen LogP contribution in [0, 0.1) is 0 Å². The van der Waals surface area contributed by atoms with Gasteiger partial charge in [-0.1, -0.05) is 0 Å². The van der Waals surface area contributed by atoms with Crippen LogP contribution >= 0.6 is 15.9 Å². The molecule has 0 saturated heterocycles. The van der Waals surface area contributed by atoms with Gasteiger partial charge in [-0.15, -0.1) is 0 Å². The average Bonchev–Trinajstić information content (AvgIpc) is 2.38. The summed E-state index contributed by atoms with van der Waals surface area (Å²) in [5.41, 5.74) is 6.54. The van der Waals surface area contributed by atoms with Crippen LogP contribution in [-0.4, -0.2) is 20.5 Å². The third-order valence-corrected chi connectivity index (χ3v) is 4.84. The average molecular weight is 357 g/mol. The van der Waals surface area contributed by atoms with E-state index in [9.17, 15) is 8.42 Å². The van der Waals surface area contributed by atoms with E-state index in [4.69, 9.17) is 10.5 Å². The molecule has 7 heteroatoms. The molecule has 0 aliphatic carbocycles. The van der Waals surface area contributed by atoms with Crippen molar-refractivity contribution in [3.05, 3.63) is 46.7 Å². The minimum Gasteiger partial charge on any atom is -0.497 e. The first-order valence-electron chi connectivity index (χ1n) is 5.68. The molecule has 2 aromatic rings. The maximum absolute atomic E-state index is 12.4. The normalized spacial score (nSPS) is 11.3. The van der Waals surface area contributed by atoms with Gasteiger partial charge in [-0.25, -0.2) is 8.42 Å². The molecule has 1 heterocycles. The lowest BCUT2D eigenvalue weighted by Gasteiger charge is -2.09. The van der Waals surface area contributed by atoms with Crippen LogP contribution in [0.3, 0.4) is 0 Å². The summed E-state index contributed by atoms with van der Waals surface area (Å²) >= 11 is 3.26. The smallest absolute Gasteiger partial charge is 0.184 e. The molecule has 0 saturated carbocycles. The van der Waals surface area contributed by atoms with Gasteiger partial charge >= 0.3 is 0 Å². The molecular formula is C13H13BrN2O3S. The minimum absolute atomic E-state index is 0.0665. The SMILES string of the molecule is COc1ccc(N)c(S(=O)(=O)Cc2cncc(Br)c2)c1. The van der Waals surface area contributed by atoms with Gasteiger partial charge in [0.05, 0.1) is 23.4 Å². The van der Waals surface area contributed by atoms with Crippen molar-refractivity contribution in [2.45, 2.75) is 10.6 Å². The lowest BCUT2D eigenvalue weighted by Crippen LogP contribution is -2.08. The second-order valence-corrected chi connectivity index (χ2v) is 7.05. The largest absolute Gasteiger partial charge is 0.497 e. The second kappa shape index (κ2) is 5.80. The number of nitrogens with two attached hydrogens (primary N) is 1. The van der Waals surface area contributed by atoms with Crippen molar-refractivity contribution in [3.63, 3.8) is 0 Å². The fourth-order valence-corrected chi connectivity index (χ4v) is 3.63. The molecule has 0 bridgehead atoms. The molecule has 2 N–H and O–H groups in total. The van der Waals surface area contributed by atoms with Crippen molar-refractivity contribution in [3.8, 4) is 5.75 Å². The molecule has 2 rings (SSSR count). The number of rotatable bonds is 4. The number of nitrogens with zero attached hydrogens (tertiary/aromatic N) is 1. The third kappa shape index (κ3) is 3.29. The Bertz CT molecular complexity index is 732. The third-order valence-electron chi connectivity index (χ3n) is 2.67. The summed E-state index contributed by atoms with van der Waals surface area (Å²) in [6.45, 7) is 0. The molecule has 0 unspecified atom stereocenters. The number of anilines is 1. The van der Waals surface area contributed by atoms with Crippen molar-refractivity contribution in [1.29, 1.82) is 0 Å². The summed E-state index contributed by atoms with van der Waals surface area (Å²) in [5.74, 6) is 0.279. The monoisotopic (exact) mass is 356 g/mol. The molecular weight excluding hydrogens is 344 g/mol. The van der Waals surface area contributed by atoms with Gasteiger partial charge in [0.1, 0.15) is 5.75 Å². The van der Waals surface area contributed by atoms with Crippen molar-refractivity contribution in [2.75, 3.05) is 12.8 Å². The zero-order chi connectivity index (χ0) is 14.8. The van der Waals surface area contributed by atoms with Gasteiger partial charge in [0.2, 0.25) is 0 Å². The Morgan fingerprint density at radius 3 is 2.70 bits per heavy atom. The first-order valence-corrected chi connectivity index (χ1v) is 8.12. The number of hydrogen-bond donors (Lipinski definition) is 1. The highest BCUT2D eigenvalue weighted by atomic mass is 79.9. The predicted octanol–water partition coefficient (Wildman–Crippen LogP) is 2.41. The van der Waals surface area contributed by atoms with Gasteiger partial charge < -0.3 is 10.5 Å². The molecule has 0 aliphatic rings. The predicted molar refractivity (Wildman–Crippen MR) is 80.2 cm³/mol. The van der Waals surface area contributed by atoms with E-state index in [2.05, 4.69) is 20.9 Å². The Balaban J connectivity index is 2.40. The van der Waals surface area contributed by atoms with E-state index in [1.54, 1.807) is 18.3 Å². The van der Waals surface area contributed by atoms with Crippen LogP contribution < -0.4 is 10.5 Å². The maximum atomic E-state index is 12.4. The van der Waals surface area contributed by atoms with Crippen LogP contribution in [0.5, 0.6) is 5.75 Å². The number of methoxy groups -OCH3 is 1. The standard InChI is InChI=1S/C13H13BrN2O3S/c1-19-11-2-3-12(15)13(5-11)20(17,18)8-9-4-10(14)7-16-6-9/h2-7H,8,15H2,1H3. The summed E-state index contributed by atoms with van der Waals surface area (Å²) in [4.78, 5) is 4.02. The highest BCUT2D eigenvalue weighted by molar-refractivity contribution is 9.10. The lowest BCUT2D eigenvalue weighted by atomic mass is 10.3. The first kappa shape index (κ1) is 14.8. The quantitative estimate of drug-likeness (QED) is 0.850. The van der Waals surface area contributed by atoms with Crippen molar-refractivity contribution in [1.82, 2.24) is 4.98 Å². The van der Waals surface area contributed by atoms with Crippen LogP contribution in [-0.2, 0) is 15.6 Å². The Labute approximate surface area is 125 Å². The van der Waals surface area contributed by atoms with Crippen LogP contribution in [0.15, 0.2) is 46.0 Å². The van der Waals surface area contributed by atoms with E-state index in [1.807, 2.05) is 0 Å². The van der Waals surface area contributed by atoms with Crippen LogP contribution in [0.1, 0.15) is 5.56 Å². The number of ether oxygens (including phenoxy) is 1. The Morgan fingerprint density at radius 1 is 1.30 bits per heavy atom. The van der Waals surface area contributed by atoms with E-state index in [0.29, 0.717) is 11.3 Å². The lowest BCUT2D eigenvalue weighted by molar-refractivity contribution is 0.413. The number of aromatic nitrogens is 1. The molecule has 20 heavy (non-hydrogen) atoms. The van der Waals surface area contributed by atoms with Gasteiger partial charge in [-0.05, 0) is 39.7 Å². The van der Waals surface area contributed by atoms with Crippen LogP contribution in [0.25, 0.3) is 0 Å². The Morgan fingerprint density at radius 2 is 2.05 bits per heavy atom. The zero-order valence-corrected chi connectivity index (χ0v) is 13.1. The summed E-state index contributed by atoms with van der Waals surface area (Å²) in [7, 11) is -2.09. The summed E-state index contributed by atoms with van der Waals surface area (Å²) in [6.07, 6.45) is 3.11. The molecule has 0 fully saturated rings. The number of benzene rings is 1. The summed E-state index contributed by atoms with van der Waals surface area (Å²) in [5, 5.41) is 0. The van der Waals surface area contributed by atoms with Gasteiger partial charge in [-0.3, -0.25) is 4.98 Å². The number of hydrogen-bond acceptors (Lipinski definition) is 5. The highest BCUT2D eigenvalue weighted by Gasteiger charge is 2.19. The minimum atomic E-state index is -3.56. The van der Waals surface area contributed by atoms with Gasteiger partial charge in [0.15, 0.2) is 9.84 Å². The number of sulfone groups is 1. The molecule has 5 nitrogen and oxygen atoms in total. The van der Waals surface area contributed by atoms with E-state index in [-0.39, 0.29) is 16.3 Å². The van der Waals surface area contributed by atoms with Gasteiger partial charge in [0, 0.05) is 22.9 Å². The maximum Gasteiger partial charge on any atom is 0.184 e. The van der Waals surface area contributed by atoms with E-state index in [0.717, 1.165) is 4.47 Å².